The Balaban J connectivity index is 2.18. The van der Waals surface area contributed by atoms with Gasteiger partial charge in [0, 0.05) is 0 Å². The fraction of sp³-hybridized carbons (Fsp3) is 0.750. The summed E-state index contributed by atoms with van der Waals surface area (Å²) in [7, 11) is 1.31. The molecule has 84 valence electrons. The van der Waals surface area contributed by atoms with Gasteiger partial charge in [-0.25, -0.2) is 4.79 Å². The number of esters is 1. The molecule has 1 fully saturated rings. The van der Waals surface area contributed by atoms with Crippen LogP contribution in [0.15, 0.2) is 11.6 Å². The second kappa shape index (κ2) is 3.34. The van der Waals surface area contributed by atoms with Gasteiger partial charge in [0.1, 0.15) is 0 Å². The zero-order valence-corrected chi connectivity index (χ0v) is 9.49. The maximum Gasteiger partial charge on any atom is 0.339 e. The Morgan fingerprint density at radius 1 is 1.67 bits per heavy atom. The topological polar surface area (TPSA) is 46.5 Å². The highest BCUT2D eigenvalue weighted by atomic mass is 16.5. The highest BCUT2D eigenvalue weighted by Crippen LogP contribution is 2.59. The van der Waals surface area contributed by atoms with Crippen molar-refractivity contribution in [3.05, 3.63) is 11.6 Å². The molecule has 3 aliphatic rings. The molecule has 0 radical (unpaired) electrons. The van der Waals surface area contributed by atoms with Gasteiger partial charge in [-0.1, -0.05) is 19.9 Å². The minimum atomic E-state index is -1.06. The Morgan fingerprint density at radius 3 is 2.80 bits per heavy atom. The van der Waals surface area contributed by atoms with Gasteiger partial charge in [0.25, 0.3) is 0 Å². The van der Waals surface area contributed by atoms with Crippen LogP contribution in [0.4, 0.5) is 0 Å². The number of hydrogen-bond donors (Lipinski definition) is 1. The molecule has 0 saturated heterocycles. The third-order valence-electron chi connectivity index (χ3n) is 4.25. The second-order valence-electron chi connectivity index (χ2n) is 5.17. The van der Waals surface area contributed by atoms with E-state index in [1.54, 1.807) is 0 Å². The number of fused-ring (bicyclic) bond motifs is 1. The van der Waals surface area contributed by atoms with Crippen molar-refractivity contribution in [1.29, 1.82) is 0 Å². The molecule has 3 aliphatic carbocycles. The lowest BCUT2D eigenvalue weighted by Crippen LogP contribution is -2.51. The van der Waals surface area contributed by atoms with Gasteiger partial charge in [0.15, 0.2) is 6.10 Å². The lowest BCUT2D eigenvalue weighted by Gasteiger charge is -2.56. The predicted octanol–water partition coefficient (Wildman–Crippen LogP) is 1.51. The first-order chi connectivity index (χ1) is 6.98. The first-order valence-electron chi connectivity index (χ1n) is 5.44. The van der Waals surface area contributed by atoms with Crippen LogP contribution in [0.25, 0.3) is 0 Å². The molecular formula is C12H18O3. The van der Waals surface area contributed by atoms with E-state index in [0.29, 0.717) is 5.92 Å². The molecule has 15 heavy (non-hydrogen) atoms. The molecule has 3 nitrogen and oxygen atoms in total. The van der Waals surface area contributed by atoms with Gasteiger partial charge in [-0.3, -0.25) is 0 Å². The van der Waals surface area contributed by atoms with Gasteiger partial charge in [0.05, 0.1) is 7.11 Å². The third-order valence-corrected chi connectivity index (χ3v) is 4.25. The van der Waals surface area contributed by atoms with Crippen LogP contribution < -0.4 is 0 Å². The number of aliphatic hydroxyl groups is 1. The van der Waals surface area contributed by atoms with E-state index in [1.807, 2.05) is 6.08 Å². The van der Waals surface area contributed by atoms with Crippen molar-refractivity contribution in [2.75, 3.05) is 7.11 Å². The zero-order chi connectivity index (χ0) is 11.2. The first kappa shape index (κ1) is 10.7. The number of allylic oxidation sites excluding steroid dienone is 1. The van der Waals surface area contributed by atoms with E-state index >= 15 is 0 Å². The molecule has 0 amide bonds. The fourth-order valence-electron chi connectivity index (χ4n) is 2.95. The van der Waals surface area contributed by atoms with Gasteiger partial charge in [-0.05, 0) is 35.7 Å². The van der Waals surface area contributed by atoms with E-state index < -0.39 is 12.1 Å². The summed E-state index contributed by atoms with van der Waals surface area (Å²) in [5, 5.41) is 9.83. The van der Waals surface area contributed by atoms with E-state index in [4.69, 9.17) is 0 Å². The van der Waals surface area contributed by atoms with E-state index in [2.05, 4.69) is 18.6 Å². The maximum atomic E-state index is 11.3. The monoisotopic (exact) mass is 210 g/mol. The number of ether oxygens (including phenoxy) is 1. The SMILES string of the molecule is COC(=O)C(O)C1=CCC2CC1C2(C)C. The van der Waals surface area contributed by atoms with Crippen LogP contribution in [-0.2, 0) is 9.53 Å². The zero-order valence-electron chi connectivity index (χ0n) is 9.49. The number of hydrogen-bond acceptors (Lipinski definition) is 3. The normalized spacial score (nSPS) is 33.7. The number of carbonyl (C=O) groups excluding carboxylic acids is 1. The van der Waals surface area contributed by atoms with Crippen molar-refractivity contribution in [3.8, 4) is 0 Å². The average molecular weight is 210 g/mol. The molecule has 0 aliphatic heterocycles. The summed E-state index contributed by atoms with van der Waals surface area (Å²) in [6.07, 6.45) is 3.05. The molecule has 0 heterocycles. The quantitative estimate of drug-likeness (QED) is 0.555. The number of methoxy groups -OCH3 is 1. The summed E-state index contributed by atoms with van der Waals surface area (Å²) in [6, 6.07) is 0. The largest absolute Gasteiger partial charge is 0.467 e. The fourth-order valence-corrected chi connectivity index (χ4v) is 2.95. The van der Waals surface area contributed by atoms with Gasteiger partial charge >= 0.3 is 5.97 Å². The molecule has 0 aromatic carbocycles. The smallest absolute Gasteiger partial charge is 0.339 e. The van der Waals surface area contributed by atoms with E-state index in [9.17, 15) is 9.90 Å². The lowest BCUT2D eigenvalue weighted by molar-refractivity contribution is -0.150. The van der Waals surface area contributed by atoms with Crippen molar-refractivity contribution < 1.29 is 14.6 Å². The van der Waals surface area contributed by atoms with Crippen LogP contribution in [-0.4, -0.2) is 24.3 Å². The molecule has 3 atom stereocenters. The molecule has 0 spiro atoms. The number of aliphatic hydroxyl groups excluding tert-OH is 1. The Morgan fingerprint density at radius 2 is 2.33 bits per heavy atom. The van der Waals surface area contributed by atoms with Gasteiger partial charge in [0.2, 0.25) is 0 Å². The summed E-state index contributed by atoms with van der Waals surface area (Å²) in [4.78, 5) is 11.3. The van der Waals surface area contributed by atoms with E-state index in [1.165, 1.54) is 7.11 Å². The van der Waals surface area contributed by atoms with Crippen molar-refractivity contribution in [2.24, 2.45) is 17.3 Å². The average Bonchev–Trinajstić information content (AvgIpc) is 2.26. The molecule has 1 N–H and O–H groups in total. The molecular weight excluding hydrogens is 192 g/mol. The van der Waals surface area contributed by atoms with E-state index in [0.717, 1.165) is 24.3 Å². The number of rotatable bonds is 2. The Labute approximate surface area is 90.1 Å². The van der Waals surface area contributed by atoms with Crippen molar-refractivity contribution in [2.45, 2.75) is 32.8 Å². The van der Waals surface area contributed by atoms with Crippen LogP contribution in [0.1, 0.15) is 26.7 Å². The standard InChI is InChI=1S/C12H18O3/c1-12(2)7-4-5-8(9(12)6-7)10(13)11(14)15-3/h5,7,9-10,13H,4,6H2,1-3H3. The first-order valence-corrected chi connectivity index (χ1v) is 5.44. The minimum absolute atomic E-state index is 0.235. The summed E-state index contributed by atoms with van der Waals surface area (Å²) in [5.41, 5.74) is 1.10. The van der Waals surface area contributed by atoms with Gasteiger partial charge in [-0.15, -0.1) is 0 Å². The summed E-state index contributed by atoms with van der Waals surface area (Å²) >= 11 is 0. The van der Waals surface area contributed by atoms with Crippen molar-refractivity contribution >= 4 is 5.97 Å². The van der Waals surface area contributed by atoms with Gasteiger partial charge < -0.3 is 9.84 Å². The molecule has 0 aromatic heterocycles. The molecule has 0 aromatic rings. The predicted molar refractivity (Wildman–Crippen MR) is 56.1 cm³/mol. The molecule has 3 heteroatoms. The highest BCUT2D eigenvalue weighted by molar-refractivity contribution is 5.78. The summed E-state index contributed by atoms with van der Waals surface area (Å²) in [5.74, 6) is 0.531. The molecule has 3 unspecified atom stereocenters. The van der Waals surface area contributed by atoms with E-state index in [-0.39, 0.29) is 5.41 Å². The second-order valence-corrected chi connectivity index (χ2v) is 5.17. The maximum absolute atomic E-state index is 11.3. The van der Waals surface area contributed by atoms with Crippen LogP contribution in [0, 0.1) is 17.3 Å². The Kier molecular flexibility index (Phi) is 2.38. The Bertz CT molecular complexity index is 317. The molecule has 2 bridgehead atoms. The van der Waals surface area contributed by atoms with Gasteiger partial charge in [-0.2, -0.15) is 0 Å². The highest BCUT2D eigenvalue weighted by Gasteiger charge is 2.53. The third kappa shape index (κ3) is 1.41. The van der Waals surface area contributed by atoms with Crippen LogP contribution >= 0.6 is 0 Å². The number of carbonyl (C=O) groups is 1. The summed E-state index contributed by atoms with van der Waals surface area (Å²) < 4.78 is 4.57. The van der Waals surface area contributed by atoms with Crippen molar-refractivity contribution in [1.82, 2.24) is 0 Å². The van der Waals surface area contributed by atoms with Crippen molar-refractivity contribution in [3.63, 3.8) is 0 Å². The van der Waals surface area contributed by atoms with Crippen LogP contribution in [0.2, 0.25) is 0 Å². The van der Waals surface area contributed by atoms with Crippen LogP contribution in [0.5, 0.6) is 0 Å². The lowest BCUT2D eigenvalue weighted by atomic mass is 9.48. The Hall–Kier alpha value is -0.830. The molecule has 1 saturated carbocycles. The minimum Gasteiger partial charge on any atom is -0.467 e. The summed E-state index contributed by atoms with van der Waals surface area (Å²) in [6.45, 7) is 4.42. The van der Waals surface area contributed by atoms with Crippen LogP contribution in [0.3, 0.4) is 0 Å². The molecule has 3 rings (SSSR count).